The van der Waals surface area contributed by atoms with E-state index in [9.17, 15) is 4.79 Å². The maximum atomic E-state index is 11.9. The highest BCUT2D eigenvalue weighted by atomic mass is 16.5. The molecule has 0 saturated carbocycles. The van der Waals surface area contributed by atoms with Crippen molar-refractivity contribution >= 4 is 17.3 Å². The zero-order valence-corrected chi connectivity index (χ0v) is 9.01. The highest BCUT2D eigenvalue weighted by Gasteiger charge is 2.26. The molecule has 1 amide bonds. The van der Waals surface area contributed by atoms with Crippen LogP contribution in [0.2, 0.25) is 0 Å². The Morgan fingerprint density at radius 3 is 3.12 bits per heavy atom. The molecule has 5 heteroatoms. The molecule has 0 bridgehead atoms. The third-order valence-corrected chi connectivity index (χ3v) is 2.79. The van der Waals surface area contributed by atoms with Gasteiger partial charge in [-0.3, -0.25) is 4.79 Å². The summed E-state index contributed by atoms with van der Waals surface area (Å²) in [6, 6.07) is 7.69. The lowest BCUT2D eigenvalue weighted by Gasteiger charge is -2.09. The Morgan fingerprint density at radius 1 is 1.47 bits per heavy atom. The molecule has 0 fully saturated rings. The smallest absolute Gasteiger partial charge is 0.247 e. The van der Waals surface area contributed by atoms with E-state index in [1.165, 1.54) is 12.5 Å². The second kappa shape index (κ2) is 3.93. The van der Waals surface area contributed by atoms with Crippen molar-refractivity contribution in [3.05, 3.63) is 42.3 Å². The highest BCUT2D eigenvalue weighted by Crippen LogP contribution is 2.25. The normalized spacial score (nSPS) is 17.3. The summed E-state index contributed by atoms with van der Waals surface area (Å²) in [5.74, 6) is -0.0793. The van der Waals surface area contributed by atoms with Gasteiger partial charge in [0.25, 0.3) is 0 Å². The molecule has 2 heterocycles. The van der Waals surface area contributed by atoms with Crippen LogP contribution in [0.3, 0.4) is 0 Å². The van der Waals surface area contributed by atoms with Gasteiger partial charge in [0, 0.05) is 12.1 Å². The molecule has 1 atom stereocenters. The Labute approximate surface area is 97.8 Å². The second-order valence-electron chi connectivity index (χ2n) is 3.96. The van der Waals surface area contributed by atoms with Crippen LogP contribution in [-0.2, 0) is 11.2 Å². The van der Waals surface area contributed by atoms with Crippen molar-refractivity contribution in [1.29, 1.82) is 0 Å². The van der Waals surface area contributed by atoms with E-state index < -0.39 is 0 Å². The average Bonchev–Trinajstić information content (AvgIpc) is 2.96. The number of hydrogen-bond donors (Lipinski definition) is 2. The van der Waals surface area contributed by atoms with Crippen molar-refractivity contribution < 1.29 is 9.32 Å². The number of hydrogen-bond acceptors (Lipinski definition) is 4. The van der Waals surface area contributed by atoms with Gasteiger partial charge < -0.3 is 15.2 Å². The monoisotopic (exact) mass is 229 g/mol. The van der Waals surface area contributed by atoms with E-state index in [0.29, 0.717) is 12.1 Å². The number of aromatic nitrogens is 1. The summed E-state index contributed by atoms with van der Waals surface area (Å²) in [6.07, 6.45) is 3.58. The molecule has 17 heavy (non-hydrogen) atoms. The van der Waals surface area contributed by atoms with Crippen molar-refractivity contribution in [2.75, 3.05) is 10.6 Å². The first-order valence-electron chi connectivity index (χ1n) is 5.37. The molecule has 1 aliphatic rings. The van der Waals surface area contributed by atoms with Gasteiger partial charge >= 0.3 is 0 Å². The Hall–Kier alpha value is -2.30. The molecule has 1 aliphatic heterocycles. The molecular formula is C12H11N3O2. The first-order valence-corrected chi connectivity index (χ1v) is 5.37. The van der Waals surface area contributed by atoms with E-state index in [1.54, 1.807) is 0 Å². The minimum absolute atomic E-state index is 0.0793. The van der Waals surface area contributed by atoms with Crippen LogP contribution in [0.1, 0.15) is 5.56 Å². The van der Waals surface area contributed by atoms with Crippen molar-refractivity contribution in [2.24, 2.45) is 0 Å². The van der Waals surface area contributed by atoms with Crippen LogP contribution in [0.4, 0.5) is 11.4 Å². The first kappa shape index (κ1) is 9.89. The van der Waals surface area contributed by atoms with Gasteiger partial charge in [0.15, 0.2) is 0 Å². The molecular weight excluding hydrogens is 218 g/mol. The number of anilines is 2. The summed E-state index contributed by atoms with van der Waals surface area (Å²) in [5.41, 5.74) is 2.77. The largest absolute Gasteiger partial charge is 0.373 e. The number of benzene rings is 1. The summed E-state index contributed by atoms with van der Waals surface area (Å²) in [4.78, 5) is 11.9. The average molecular weight is 229 g/mol. The van der Waals surface area contributed by atoms with Crippen LogP contribution < -0.4 is 10.6 Å². The SMILES string of the molecule is O=C(Nc1cnoc1)[C@@H]1Cc2ccccc2N1. The molecule has 1 aromatic heterocycles. The predicted molar refractivity (Wildman–Crippen MR) is 62.7 cm³/mol. The van der Waals surface area contributed by atoms with Crippen LogP contribution in [0.5, 0.6) is 0 Å². The third kappa shape index (κ3) is 1.87. The number of nitrogens with zero attached hydrogens (tertiary/aromatic N) is 1. The number of para-hydroxylation sites is 1. The molecule has 5 nitrogen and oxygen atoms in total. The number of amides is 1. The van der Waals surface area contributed by atoms with Crippen molar-refractivity contribution in [1.82, 2.24) is 5.16 Å². The summed E-state index contributed by atoms with van der Waals surface area (Å²) in [6.45, 7) is 0. The molecule has 1 aromatic carbocycles. The maximum Gasteiger partial charge on any atom is 0.247 e. The summed E-state index contributed by atoms with van der Waals surface area (Å²) < 4.78 is 4.65. The van der Waals surface area contributed by atoms with Crippen molar-refractivity contribution in [3.8, 4) is 0 Å². The minimum Gasteiger partial charge on any atom is -0.373 e. The Balaban J connectivity index is 1.70. The first-order chi connectivity index (χ1) is 8.33. The molecule has 3 rings (SSSR count). The highest BCUT2D eigenvalue weighted by molar-refractivity contribution is 5.97. The molecule has 0 aliphatic carbocycles. The zero-order valence-electron chi connectivity index (χ0n) is 9.01. The number of rotatable bonds is 2. The topological polar surface area (TPSA) is 67.2 Å². The van der Waals surface area contributed by atoms with Crippen LogP contribution in [0, 0.1) is 0 Å². The molecule has 0 saturated heterocycles. The third-order valence-electron chi connectivity index (χ3n) is 2.79. The molecule has 0 spiro atoms. The fourth-order valence-corrected chi connectivity index (χ4v) is 1.95. The van der Waals surface area contributed by atoms with Gasteiger partial charge in [0.1, 0.15) is 18.0 Å². The second-order valence-corrected chi connectivity index (χ2v) is 3.96. The lowest BCUT2D eigenvalue weighted by atomic mass is 10.1. The van der Waals surface area contributed by atoms with Crippen LogP contribution in [0.25, 0.3) is 0 Å². The number of fused-ring (bicyclic) bond motifs is 1. The van der Waals surface area contributed by atoms with Gasteiger partial charge in [-0.1, -0.05) is 23.4 Å². The maximum absolute atomic E-state index is 11.9. The van der Waals surface area contributed by atoms with Gasteiger partial charge in [0.2, 0.25) is 5.91 Å². The quantitative estimate of drug-likeness (QED) is 0.821. The molecule has 2 aromatic rings. The molecule has 0 radical (unpaired) electrons. The molecule has 2 N–H and O–H groups in total. The van der Waals surface area contributed by atoms with Gasteiger partial charge in [-0.25, -0.2) is 0 Å². The van der Waals surface area contributed by atoms with E-state index in [0.717, 1.165) is 11.3 Å². The fraction of sp³-hybridized carbons (Fsp3) is 0.167. The molecule has 0 unspecified atom stereocenters. The predicted octanol–water partition coefficient (Wildman–Crippen LogP) is 1.65. The van der Waals surface area contributed by atoms with Gasteiger partial charge in [-0.05, 0) is 11.6 Å². The lowest BCUT2D eigenvalue weighted by molar-refractivity contribution is -0.116. The van der Waals surface area contributed by atoms with Gasteiger partial charge in [-0.2, -0.15) is 0 Å². The Morgan fingerprint density at radius 2 is 2.35 bits per heavy atom. The van der Waals surface area contributed by atoms with E-state index in [-0.39, 0.29) is 11.9 Å². The molecule has 86 valence electrons. The van der Waals surface area contributed by atoms with Crippen LogP contribution in [-0.4, -0.2) is 17.1 Å². The van der Waals surface area contributed by atoms with E-state index >= 15 is 0 Å². The van der Waals surface area contributed by atoms with E-state index in [4.69, 9.17) is 0 Å². The minimum atomic E-state index is -0.234. The summed E-state index contributed by atoms with van der Waals surface area (Å²) in [7, 11) is 0. The standard InChI is InChI=1S/C12H11N3O2/c16-12(14-9-6-13-17-7-9)11-5-8-3-1-2-4-10(8)15-11/h1-4,6-7,11,15H,5H2,(H,14,16)/t11-/m0/s1. The van der Waals surface area contributed by atoms with E-state index in [2.05, 4.69) is 20.3 Å². The van der Waals surface area contributed by atoms with Gasteiger partial charge in [0.05, 0.1) is 6.20 Å². The summed E-state index contributed by atoms with van der Waals surface area (Å²) >= 11 is 0. The Kier molecular flexibility index (Phi) is 2.29. The fourth-order valence-electron chi connectivity index (χ4n) is 1.95. The van der Waals surface area contributed by atoms with Crippen LogP contribution in [0.15, 0.2) is 41.2 Å². The summed E-state index contributed by atoms with van der Waals surface area (Å²) in [5, 5.41) is 9.46. The Bertz CT molecular complexity index is 511. The zero-order chi connectivity index (χ0) is 11.7. The number of carbonyl (C=O) groups excluding carboxylic acids is 1. The number of nitrogens with one attached hydrogen (secondary N) is 2. The van der Waals surface area contributed by atoms with Crippen molar-refractivity contribution in [3.63, 3.8) is 0 Å². The van der Waals surface area contributed by atoms with Crippen molar-refractivity contribution in [2.45, 2.75) is 12.5 Å². The van der Waals surface area contributed by atoms with Gasteiger partial charge in [-0.15, -0.1) is 0 Å². The number of carbonyl (C=O) groups is 1. The lowest BCUT2D eigenvalue weighted by Crippen LogP contribution is -2.32. The van der Waals surface area contributed by atoms with Crippen LogP contribution >= 0.6 is 0 Å². The van der Waals surface area contributed by atoms with E-state index in [1.807, 2.05) is 24.3 Å².